The smallest absolute Gasteiger partial charge is 0.300 e. The van der Waals surface area contributed by atoms with Crippen LogP contribution in [-0.2, 0) is 10.0 Å². The summed E-state index contributed by atoms with van der Waals surface area (Å²) in [4.78, 5) is 11.8. The van der Waals surface area contributed by atoms with E-state index >= 15 is 0 Å². The van der Waals surface area contributed by atoms with Crippen LogP contribution in [0.25, 0.3) is 0 Å². The lowest BCUT2D eigenvalue weighted by Gasteiger charge is -2.10. The highest BCUT2D eigenvalue weighted by Crippen LogP contribution is 2.29. The monoisotopic (exact) mass is 325 g/mol. The van der Waals surface area contributed by atoms with Gasteiger partial charge in [-0.15, -0.1) is 0 Å². The van der Waals surface area contributed by atoms with E-state index in [2.05, 4.69) is 0 Å². The molecule has 1 heterocycles. The minimum absolute atomic E-state index is 0.0518. The minimum atomic E-state index is -4.05. The van der Waals surface area contributed by atoms with Gasteiger partial charge in [-0.2, -0.15) is 0 Å². The van der Waals surface area contributed by atoms with Gasteiger partial charge in [-0.05, 0) is 25.1 Å². The molecule has 1 aromatic heterocycles. The van der Waals surface area contributed by atoms with Gasteiger partial charge in [-0.25, -0.2) is 13.1 Å². The minimum Gasteiger partial charge on any atom is -0.493 e. The second-order valence-corrected chi connectivity index (χ2v) is 6.07. The van der Waals surface area contributed by atoms with E-state index in [1.807, 2.05) is 4.72 Å². The van der Waals surface area contributed by atoms with Gasteiger partial charge in [-0.1, -0.05) is 0 Å². The molecule has 0 atom stereocenters. The summed E-state index contributed by atoms with van der Waals surface area (Å²) in [6.45, 7) is 1.64. The maximum absolute atomic E-state index is 12.2. The van der Waals surface area contributed by atoms with Crippen LogP contribution in [0.15, 0.2) is 39.8 Å². The molecule has 0 fully saturated rings. The Morgan fingerprint density at radius 1 is 1.14 bits per heavy atom. The topological polar surface area (TPSA) is 94.8 Å². The molecule has 0 unspecified atom stereocenters. The predicted molar refractivity (Wildman–Crippen MR) is 77.6 cm³/mol. The van der Waals surface area contributed by atoms with Crippen LogP contribution >= 0.6 is 0 Å². The van der Waals surface area contributed by atoms with Gasteiger partial charge in [0.05, 0.1) is 25.4 Å². The zero-order valence-corrected chi connectivity index (χ0v) is 13.1. The van der Waals surface area contributed by atoms with E-state index in [0.717, 1.165) is 0 Å². The van der Waals surface area contributed by atoms with E-state index in [-0.39, 0.29) is 16.4 Å². The van der Waals surface area contributed by atoms with Crippen molar-refractivity contribution in [2.45, 2.75) is 11.8 Å². The van der Waals surface area contributed by atoms with Crippen LogP contribution in [0.5, 0.6) is 11.5 Å². The maximum atomic E-state index is 12.2. The third-order valence-corrected chi connectivity index (χ3v) is 4.29. The van der Waals surface area contributed by atoms with Crippen molar-refractivity contribution in [3.8, 4) is 11.5 Å². The average molecular weight is 325 g/mol. The van der Waals surface area contributed by atoms with Gasteiger partial charge in [0.1, 0.15) is 0 Å². The molecule has 2 rings (SSSR count). The van der Waals surface area contributed by atoms with Gasteiger partial charge in [0.25, 0.3) is 10.0 Å². The third kappa shape index (κ3) is 3.06. The quantitative estimate of drug-likeness (QED) is 0.899. The van der Waals surface area contributed by atoms with Gasteiger partial charge in [0, 0.05) is 11.6 Å². The van der Waals surface area contributed by atoms with Crippen molar-refractivity contribution in [3.63, 3.8) is 0 Å². The molecule has 0 bridgehead atoms. The molecule has 1 aromatic carbocycles. The summed E-state index contributed by atoms with van der Waals surface area (Å²) in [5.41, 5.74) is 0.542. The van der Waals surface area contributed by atoms with Gasteiger partial charge < -0.3 is 13.9 Å². The van der Waals surface area contributed by atoms with E-state index in [0.29, 0.717) is 11.3 Å². The predicted octanol–water partition coefficient (Wildman–Crippen LogP) is 1.72. The molecule has 1 N–H and O–H groups in total. The Bertz CT molecular complexity index is 793. The Morgan fingerprint density at radius 2 is 1.82 bits per heavy atom. The fourth-order valence-corrected chi connectivity index (χ4v) is 2.78. The first-order chi connectivity index (χ1) is 10.4. The fourth-order valence-electron chi connectivity index (χ4n) is 1.82. The second kappa shape index (κ2) is 6.10. The first kappa shape index (κ1) is 15.9. The summed E-state index contributed by atoms with van der Waals surface area (Å²) in [7, 11) is -1.23. The van der Waals surface area contributed by atoms with E-state index < -0.39 is 15.9 Å². The molecular formula is C14H15NO6S. The van der Waals surface area contributed by atoms with Crippen molar-refractivity contribution in [2.24, 2.45) is 0 Å². The molecule has 22 heavy (non-hydrogen) atoms. The standard InChI is InChI=1S/C14H15NO6S/c1-9-6-7-21-13(9)14(16)15-22(17,18)10-4-5-11(19-2)12(8-10)20-3/h4-8H,1-3H3,(H,15,16). The summed E-state index contributed by atoms with van der Waals surface area (Å²) < 4.78 is 41.5. The van der Waals surface area contributed by atoms with Crippen LogP contribution in [0.2, 0.25) is 0 Å². The van der Waals surface area contributed by atoms with Crippen molar-refractivity contribution in [1.29, 1.82) is 0 Å². The van der Waals surface area contributed by atoms with Crippen LogP contribution in [0.3, 0.4) is 0 Å². The van der Waals surface area contributed by atoms with Gasteiger partial charge in [0.2, 0.25) is 0 Å². The van der Waals surface area contributed by atoms with Gasteiger partial charge >= 0.3 is 5.91 Å². The SMILES string of the molecule is COc1ccc(S(=O)(=O)NC(=O)c2occc2C)cc1OC. The Kier molecular flexibility index (Phi) is 4.41. The number of hydrogen-bond acceptors (Lipinski definition) is 6. The number of methoxy groups -OCH3 is 2. The molecule has 8 heteroatoms. The summed E-state index contributed by atoms with van der Waals surface area (Å²) >= 11 is 0. The summed E-state index contributed by atoms with van der Waals surface area (Å²) in [5, 5.41) is 0. The lowest BCUT2D eigenvalue weighted by Crippen LogP contribution is -2.30. The van der Waals surface area contributed by atoms with Crippen molar-refractivity contribution in [3.05, 3.63) is 41.9 Å². The molecule has 0 aliphatic carbocycles. The lowest BCUT2D eigenvalue weighted by atomic mass is 10.3. The molecule has 0 aliphatic heterocycles. The first-order valence-electron chi connectivity index (χ1n) is 6.22. The fraction of sp³-hybridized carbons (Fsp3) is 0.214. The highest BCUT2D eigenvalue weighted by atomic mass is 32.2. The second-order valence-electron chi connectivity index (χ2n) is 4.38. The largest absolute Gasteiger partial charge is 0.493 e. The van der Waals surface area contributed by atoms with E-state index in [1.54, 1.807) is 13.0 Å². The number of hydrogen-bond donors (Lipinski definition) is 1. The number of benzene rings is 1. The van der Waals surface area contributed by atoms with Crippen LogP contribution in [0.1, 0.15) is 16.1 Å². The molecule has 0 saturated carbocycles. The molecule has 2 aromatic rings. The molecule has 0 saturated heterocycles. The van der Waals surface area contributed by atoms with Crippen molar-refractivity contribution < 1.29 is 27.1 Å². The maximum Gasteiger partial charge on any atom is 0.300 e. The van der Waals surface area contributed by atoms with E-state index in [9.17, 15) is 13.2 Å². The lowest BCUT2D eigenvalue weighted by molar-refractivity contribution is 0.0953. The van der Waals surface area contributed by atoms with Gasteiger partial charge in [-0.3, -0.25) is 4.79 Å². The number of nitrogens with one attached hydrogen (secondary N) is 1. The Balaban J connectivity index is 2.31. The normalized spacial score (nSPS) is 11.0. The van der Waals surface area contributed by atoms with Crippen LogP contribution in [0, 0.1) is 6.92 Å². The molecule has 1 amide bonds. The van der Waals surface area contributed by atoms with Crippen molar-refractivity contribution in [1.82, 2.24) is 4.72 Å². The van der Waals surface area contributed by atoms with Crippen LogP contribution < -0.4 is 14.2 Å². The highest BCUT2D eigenvalue weighted by Gasteiger charge is 2.23. The Labute approximate surface area is 127 Å². The number of ether oxygens (including phenoxy) is 2. The van der Waals surface area contributed by atoms with Crippen molar-refractivity contribution in [2.75, 3.05) is 14.2 Å². The number of carbonyl (C=O) groups excluding carboxylic acids is 1. The van der Waals surface area contributed by atoms with Crippen molar-refractivity contribution >= 4 is 15.9 Å². The van der Waals surface area contributed by atoms with E-state index in [1.165, 1.54) is 38.7 Å². The molecular weight excluding hydrogens is 310 g/mol. The Hall–Kier alpha value is -2.48. The molecule has 0 aliphatic rings. The van der Waals surface area contributed by atoms with Gasteiger partial charge in [0.15, 0.2) is 17.3 Å². The number of sulfonamides is 1. The highest BCUT2D eigenvalue weighted by molar-refractivity contribution is 7.90. The Morgan fingerprint density at radius 3 is 2.36 bits per heavy atom. The number of furan rings is 1. The summed E-state index contributed by atoms with van der Waals surface area (Å²) in [6, 6.07) is 5.59. The molecule has 118 valence electrons. The zero-order chi connectivity index (χ0) is 16.3. The number of rotatable bonds is 5. The number of amides is 1. The molecule has 7 nitrogen and oxygen atoms in total. The number of carbonyl (C=O) groups is 1. The van der Waals surface area contributed by atoms with Crippen LogP contribution in [-0.4, -0.2) is 28.5 Å². The summed E-state index contributed by atoms with van der Waals surface area (Å²) in [5.74, 6) is -0.261. The number of aryl methyl sites for hydroxylation is 1. The summed E-state index contributed by atoms with van der Waals surface area (Å²) in [6.07, 6.45) is 1.31. The third-order valence-electron chi connectivity index (χ3n) is 2.96. The van der Waals surface area contributed by atoms with E-state index in [4.69, 9.17) is 13.9 Å². The van der Waals surface area contributed by atoms with Crippen LogP contribution in [0.4, 0.5) is 0 Å². The molecule has 0 radical (unpaired) electrons. The zero-order valence-electron chi connectivity index (χ0n) is 12.2. The molecule has 0 spiro atoms. The average Bonchev–Trinajstić information content (AvgIpc) is 2.92. The first-order valence-corrected chi connectivity index (χ1v) is 7.70.